The maximum absolute atomic E-state index is 12.3. The van der Waals surface area contributed by atoms with E-state index in [1.807, 2.05) is 25.1 Å². The van der Waals surface area contributed by atoms with E-state index in [0.29, 0.717) is 17.2 Å². The molecule has 136 valence electrons. The molecule has 0 bridgehead atoms. The molecule has 0 aliphatic heterocycles. The Hall–Kier alpha value is -1.91. The topological polar surface area (TPSA) is 34.1 Å². The van der Waals surface area contributed by atoms with Gasteiger partial charge in [-0.05, 0) is 30.9 Å². The number of allylic oxidation sites excluding steroid dienone is 4. The molecule has 0 aromatic heterocycles. The van der Waals surface area contributed by atoms with Crippen LogP contribution in [-0.4, -0.2) is 23.0 Å². The van der Waals surface area contributed by atoms with Crippen molar-refractivity contribution in [2.45, 2.75) is 31.6 Å². The zero-order chi connectivity index (χ0) is 18.6. The van der Waals surface area contributed by atoms with E-state index < -0.39 is 18.6 Å². The molecule has 3 rings (SSSR count). The lowest BCUT2D eigenvalue weighted by Crippen LogP contribution is -2.44. The van der Waals surface area contributed by atoms with Gasteiger partial charge in [0.05, 0.1) is 10.6 Å². The standard InChI is InChI=1S/C22H26O2SSi/c1-3-17-25(23,24)19-11-15-22(16-12-19)26(20-7-5-4-6-8-20)21-13-9-18(2)10-14-21/h4-9,11-16,18,26H,3,10,17H2,1-2H3. The van der Waals surface area contributed by atoms with Crippen LogP contribution in [0.15, 0.2) is 82.9 Å². The van der Waals surface area contributed by atoms with Gasteiger partial charge in [-0.1, -0.05) is 90.1 Å². The summed E-state index contributed by atoms with van der Waals surface area (Å²) in [5, 5.41) is 4.04. The Labute approximate surface area is 158 Å². The monoisotopic (exact) mass is 382 g/mol. The maximum Gasteiger partial charge on any atom is 0.178 e. The van der Waals surface area contributed by atoms with E-state index in [4.69, 9.17) is 0 Å². The minimum absolute atomic E-state index is 0.206. The summed E-state index contributed by atoms with van der Waals surface area (Å²) in [5.74, 6) is 0.795. The highest BCUT2D eigenvalue weighted by Gasteiger charge is 2.22. The van der Waals surface area contributed by atoms with Crippen molar-refractivity contribution >= 4 is 29.0 Å². The molecule has 0 N–H and O–H groups in total. The molecule has 26 heavy (non-hydrogen) atoms. The third-order valence-electron chi connectivity index (χ3n) is 4.85. The van der Waals surface area contributed by atoms with Crippen LogP contribution in [0.3, 0.4) is 0 Å². The highest BCUT2D eigenvalue weighted by molar-refractivity contribution is 7.91. The van der Waals surface area contributed by atoms with Gasteiger partial charge in [-0.15, -0.1) is 0 Å². The van der Waals surface area contributed by atoms with Gasteiger partial charge in [-0.3, -0.25) is 0 Å². The van der Waals surface area contributed by atoms with Crippen molar-refractivity contribution in [2.24, 2.45) is 5.92 Å². The minimum Gasteiger partial charge on any atom is -0.224 e. The van der Waals surface area contributed by atoms with Crippen LogP contribution in [0.5, 0.6) is 0 Å². The molecular weight excluding hydrogens is 356 g/mol. The van der Waals surface area contributed by atoms with E-state index >= 15 is 0 Å². The Kier molecular flexibility index (Phi) is 5.94. The van der Waals surface area contributed by atoms with Gasteiger partial charge in [0.25, 0.3) is 0 Å². The molecule has 4 heteroatoms. The first-order valence-electron chi connectivity index (χ1n) is 9.27. The molecule has 2 unspecified atom stereocenters. The van der Waals surface area contributed by atoms with Gasteiger partial charge in [-0.2, -0.15) is 0 Å². The third kappa shape index (κ3) is 4.25. The van der Waals surface area contributed by atoms with E-state index in [9.17, 15) is 8.42 Å². The van der Waals surface area contributed by atoms with Gasteiger partial charge in [-0.25, -0.2) is 8.42 Å². The van der Waals surface area contributed by atoms with Crippen molar-refractivity contribution in [3.63, 3.8) is 0 Å². The van der Waals surface area contributed by atoms with E-state index in [1.165, 1.54) is 15.6 Å². The second kappa shape index (κ2) is 8.19. The number of hydrogen-bond donors (Lipinski definition) is 0. The summed E-state index contributed by atoms with van der Waals surface area (Å²) in [5.41, 5.74) is 0. The Balaban J connectivity index is 1.99. The first-order valence-corrected chi connectivity index (χ1v) is 12.7. The van der Waals surface area contributed by atoms with Crippen LogP contribution in [0.25, 0.3) is 0 Å². The SMILES string of the molecule is CCCS(=O)(=O)c1ccc([SiH](C2=CCC(C)C=C2)c2ccccc2)cc1. The Bertz CT molecular complexity index is 897. The van der Waals surface area contributed by atoms with Crippen LogP contribution in [0.4, 0.5) is 0 Å². The van der Waals surface area contributed by atoms with Crippen LogP contribution in [-0.2, 0) is 9.84 Å². The van der Waals surface area contributed by atoms with E-state index in [1.54, 1.807) is 12.1 Å². The summed E-state index contributed by atoms with van der Waals surface area (Å²) in [6.07, 6.45) is 8.65. The first kappa shape index (κ1) is 18.9. The highest BCUT2D eigenvalue weighted by atomic mass is 32.2. The predicted molar refractivity (Wildman–Crippen MR) is 113 cm³/mol. The van der Waals surface area contributed by atoms with Crippen LogP contribution in [0, 0.1) is 5.92 Å². The van der Waals surface area contributed by atoms with Gasteiger partial charge in [0.1, 0.15) is 8.80 Å². The average molecular weight is 383 g/mol. The average Bonchev–Trinajstić information content (AvgIpc) is 2.65. The Morgan fingerprint density at radius 3 is 2.23 bits per heavy atom. The lowest BCUT2D eigenvalue weighted by atomic mass is 10.0. The summed E-state index contributed by atoms with van der Waals surface area (Å²) in [7, 11) is -4.73. The van der Waals surface area contributed by atoms with E-state index in [2.05, 4.69) is 49.4 Å². The summed E-state index contributed by atoms with van der Waals surface area (Å²) < 4.78 is 24.6. The van der Waals surface area contributed by atoms with Gasteiger partial charge < -0.3 is 0 Å². The summed E-state index contributed by atoms with van der Waals surface area (Å²) in [4.78, 5) is 0.436. The molecular formula is C22H26O2SSi. The Morgan fingerprint density at radius 1 is 1.00 bits per heavy atom. The molecule has 0 spiro atoms. The fourth-order valence-corrected chi connectivity index (χ4v) is 7.77. The molecule has 0 fully saturated rings. The quantitative estimate of drug-likeness (QED) is 0.719. The molecule has 0 radical (unpaired) electrons. The zero-order valence-corrected chi connectivity index (χ0v) is 17.4. The summed E-state index contributed by atoms with van der Waals surface area (Å²) >= 11 is 0. The fraction of sp³-hybridized carbons (Fsp3) is 0.273. The highest BCUT2D eigenvalue weighted by Crippen LogP contribution is 2.18. The van der Waals surface area contributed by atoms with Crippen molar-refractivity contribution in [1.82, 2.24) is 0 Å². The predicted octanol–water partition coefficient (Wildman–Crippen LogP) is 3.27. The van der Waals surface area contributed by atoms with Crippen LogP contribution in [0.2, 0.25) is 0 Å². The van der Waals surface area contributed by atoms with Gasteiger partial charge in [0.15, 0.2) is 9.84 Å². The number of hydrogen-bond acceptors (Lipinski definition) is 2. The van der Waals surface area contributed by atoms with Crippen molar-refractivity contribution in [3.05, 3.63) is 78.0 Å². The second-order valence-electron chi connectivity index (χ2n) is 7.01. The fourth-order valence-electron chi connectivity index (χ4n) is 3.44. The van der Waals surface area contributed by atoms with Crippen molar-refractivity contribution in [3.8, 4) is 0 Å². The van der Waals surface area contributed by atoms with Crippen LogP contribution in [0.1, 0.15) is 26.7 Å². The van der Waals surface area contributed by atoms with E-state index in [-0.39, 0.29) is 5.75 Å². The van der Waals surface area contributed by atoms with Crippen molar-refractivity contribution in [1.29, 1.82) is 0 Å². The molecule has 2 aromatic carbocycles. The molecule has 2 nitrogen and oxygen atoms in total. The molecule has 1 aliphatic rings. The van der Waals surface area contributed by atoms with Crippen LogP contribution >= 0.6 is 0 Å². The molecule has 0 saturated heterocycles. The Morgan fingerprint density at radius 2 is 1.65 bits per heavy atom. The zero-order valence-electron chi connectivity index (χ0n) is 15.4. The molecule has 0 amide bonds. The van der Waals surface area contributed by atoms with Crippen molar-refractivity contribution < 1.29 is 8.42 Å². The third-order valence-corrected chi connectivity index (χ3v) is 9.99. The van der Waals surface area contributed by atoms with Gasteiger partial charge >= 0.3 is 0 Å². The normalized spacial score (nSPS) is 18.4. The van der Waals surface area contributed by atoms with Crippen LogP contribution < -0.4 is 10.4 Å². The summed E-state index contributed by atoms with van der Waals surface area (Å²) in [6, 6.07) is 18.3. The molecule has 0 saturated carbocycles. The summed E-state index contributed by atoms with van der Waals surface area (Å²) in [6.45, 7) is 4.13. The second-order valence-corrected chi connectivity index (χ2v) is 12.0. The molecule has 2 atom stereocenters. The smallest absolute Gasteiger partial charge is 0.178 e. The molecule has 2 aromatic rings. The lowest BCUT2D eigenvalue weighted by Gasteiger charge is -2.22. The minimum atomic E-state index is -3.16. The number of benzene rings is 2. The molecule has 1 aliphatic carbocycles. The lowest BCUT2D eigenvalue weighted by molar-refractivity contribution is 0.595. The van der Waals surface area contributed by atoms with Gasteiger partial charge in [0, 0.05) is 0 Å². The maximum atomic E-state index is 12.3. The number of sulfone groups is 1. The number of rotatable bonds is 6. The largest absolute Gasteiger partial charge is 0.224 e. The van der Waals surface area contributed by atoms with Gasteiger partial charge in [0.2, 0.25) is 0 Å². The first-order chi connectivity index (χ1) is 12.5. The molecule has 0 heterocycles. The van der Waals surface area contributed by atoms with Crippen molar-refractivity contribution in [2.75, 3.05) is 5.75 Å². The van der Waals surface area contributed by atoms with E-state index in [0.717, 1.165) is 6.42 Å².